The minimum Gasteiger partial charge on any atom is -0.455 e. The first-order chi connectivity index (χ1) is 23.3. The lowest BCUT2D eigenvalue weighted by Crippen LogP contribution is -2.03. The zero-order valence-electron chi connectivity index (χ0n) is 24.9. The number of aromatic nitrogens is 3. The van der Waals surface area contributed by atoms with Crippen molar-refractivity contribution in [3.63, 3.8) is 0 Å². The molecule has 0 aliphatic heterocycles. The van der Waals surface area contributed by atoms with E-state index in [1.165, 1.54) is 36.3 Å². The van der Waals surface area contributed by atoms with Gasteiger partial charge in [-0.3, -0.25) is 4.57 Å². The summed E-state index contributed by atoms with van der Waals surface area (Å²) in [5, 5.41) is 10.4. The SMILES string of the molecule is c1ccc2c(c1)ccc1c3cc(-c4nc(-n5c6ccccc6c6ccc7c8ccccc8sc7c65)nc5ccccc45)ccc3oc21. The van der Waals surface area contributed by atoms with Gasteiger partial charge in [-0.1, -0.05) is 97.1 Å². The number of rotatable bonds is 2. The molecule has 5 heteroatoms. The monoisotopic (exact) mass is 617 g/mol. The molecule has 0 saturated carbocycles. The topological polar surface area (TPSA) is 43.9 Å². The molecule has 4 nitrogen and oxygen atoms in total. The lowest BCUT2D eigenvalue weighted by molar-refractivity contribution is 0.672. The Hall–Kier alpha value is -6.04. The number of hydrogen-bond donors (Lipinski definition) is 0. The summed E-state index contributed by atoms with van der Waals surface area (Å²) in [7, 11) is 0. The van der Waals surface area contributed by atoms with Gasteiger partial charge in [0.05, 0.1) is 26.9 Å². The van der Waals surface area contributed by atoms with E-state index in [0.717, 1.165) is 60.5 Å². The summed E-state index contributed by atoms with van der Waals surface area (Å²) >= 11 is 1.84. The van der Waals surface area contributed by atoms with Gasteiger partial charge >= 0.3 is 0 Å². The van der Waals surface area contributed by atoms with Crippen molar-refractivity contribution in [3.05, 3.63) is 140 Å². The molecule has 0 aliphatic carbocycles. The second-order valence-electron chi connectivity index (χ2n) is 12.2. The normalized spacial score (nSPS) is 12.3. The van der Waals surface area contributed by atoms with Crippen LogP contribution < -0.4 is 0 Å². The molecule has 0 N–H and O–H groups in total. The average molecular weight is 618 g/mol. The summed E-state index contributed by atoms with van der Waals surface area (Å²) in [6.45, 7) is 0. The van der Waals surface area contributed by atoms with Crippen molar-refractivity contribution < 1.29 is 4.42 Å². The molecule has 0 amide bonds. The average Bonchev–Trinajstić information content (AvgIpc) is 3.80. The van der Waals surface area contributed by atoms with Crippen LogP contribution >= 0.6 is 11.3 Å². The van der Waals surface area contributed by atoms with Gasteiger partial charge in [-0.25, -0.2) is 9.97 Å². The largest absolute Gasteiger partial charge is 0.455 e. The van der Waals surface area contributed by atoms with Gasteiger partial charge in [0.25, 0.3) is 0 Å². The van der Waals surface area contributed by atoms with E-state index in [9.17, 15) is 0 Å². The molecule has 11 rings (SSSR count). The second-order valence-corrected chi connectivity index (χ2v) is 13.2. The Balaban J connectivity index is 1.23. The molecule has 7 aromatic carbocycles. The van der Waals surface area contributed by atoms with Gasteiger partial charge in [0.15, 0.2) is 0 Å². The Labute approximate surface area is 271 Å². The highest BCUT2D eigenvalue weighted by Crippen LogP contribution is 2.43. The number of hydrogen-bond acceptors (Lipinski definition) is 4. The number of furan rings is 1. The molecule has 0 spiro atoms. The van der Waals surface area contributed by atoms with E-state index in [1.807, 2.05) is 11.3 Å². The van der Waals surface area contributed by atoms with Gasteiger partial charge in [0, 0.05) is 53.4 Å². The summed E-state index contributed by atoms with van der Waals surface area (Å²) in [6, 6.07) is 49.3. The maximum Gasteiger partial charge on any atom is 0.235 e. The first-order valence-electron chi connectivity index (χ1n) is 15.8. The van der Waals surface area contributed by atoms with Crippen LogP contribution in [0.3, 0.4) is 0 Å². The summed E-state index contributed by atoms with van der Waals surface area (Å²) in [4.78, 5) is 10.7. The zero-order chi connectivity index (χ0) is 30.6. The molecule has 0 saturated heterocycles. The predicted octanol–water partition coefficient (Wildman–Crippen LogP) is 11.8. The van der Waals surface area contributed by atoms with Crippen LogP contribution in [0.4, 0.5) is 0 Å². The fourth-order valence-corrected chi connectivity index (χ4v) is 8.72. The highest BCUT2D eigenvalue weighted by atomic mass is 32.1. The van der Waals surface area contributed by atoms with E-state index in [0.29, 0.717) is 5.95 Å². The van der Waals surface area contributed by atoms with Gasteiger partial charge in [0.2, 0.25) is 5.95 Å². The highest BCUT2D eigenvalue weighted by molar-refractivity contribution is 7.26. The van der Waals surface area contributed by atoms with Crippen LogP contribution in [0.25, 0.3) is 103 Å². The first kappa shape index (κ1) is 25.2. The van der Waals surface area contributed by atoms with Crippen molar-refractivity contribution in [3.8, 4) is 17.2 Å². The molecule has 4 aromatic heterocycles. The molecule has 0 atom stereocenters. The Morgan fingerprint density at radius 2 is 1.28 bits per heavy atom. The molecule has 11 aromatic rings. The van der Waals surface area contributed by atoms with Crippen molar-refractivity contribution in [1.82, 2.24) is 14.5 Å². The van der Waals surface area contributed by atoms with Gasteiger partial charge in [-0.05, 0) is 47.9 Å². The number of thiophene rings is 1. The Morgan fingerprint density at radius 1 is 0.532 bits per heavy atom. The Bertz CT molecular complexity index is 3090. The van der Waals surface area contributed by atoms with Gasteiger partial charge in [-0.2, -0.15) is 0 Å². The zero-order valence-corrected chi connectivity index (χ0v) is 25.8. The molecule has 218 valence electrons. The fourth-order valence-electron chi connectivity index (χ4n) is 7.47. The van der Waals surface area contributed by atoms with Crippen LogP contribution in [0.1, 0.15) is 0 Å². The van der Waals surface area contributed by atoms with Crippen molar-refractivity contribution in [2.45, 2.75) is 0 Å². The predicted molar refractivity (Wildman–Crippen MR) is 197 cm³/mol. The van der Waals surface area contributed by atoms with E-state index < -0.39 is 0 Å². The van der Waals surface area contributed by atoms with Crippen molar-refractivity contribution in [1.29, 1.82) is 0 Å². The van der Waals surface area contributed by atoms with Crippen LogP contribution in [0.15, 0.2) is 144 Å². The lowest BCUT2D eigenvalue weighted by atomic mass is 10.0. The molecule has 0 aliphatic rings. The van der Waals surface area contributed by atoms with Crippen LogP contribution in [-0.2, 0) is 0 Å². The highest BCUT2D eigenvalue weighted by Gasteiger charge is 2.21. The molecule has 0 radical (unpaired) electrons. The molecular weight excluding hydrogens is 595 g/mol. The van der Waals surface area contributed by atoms with Crippen LogP contribution in [0, 0.1) is 0 Å². The number of para-hydroxylation sites is 2. The van der Waals surface area contributed by atoms with Gasteiger partial charge in [-0.15, -0.1) is 11.3 Å². The summed E-state index contributed by atoms with van der Waals surface area (Å²) in [5.74, 6) is 0.665. The fraction of sp³-hybridized carbons (Fsp3) is 0. The van der Waals surface area contributed by atoms with Crippen molar-refractivity contribution in [2.75, 3.05) is 0 Å². The third-order valence-corrected chi connectivity index (χ3v) is 10.8. The van der Waals surface area contributed by atoms with Gasteiger partial charge in [0.1, 0.15) is 11.2 Å². The third kappa shape index (κ3) is 3.46. The quantitative estimate of drug-likeness (QED) is 0.194. The van der Waals surface area contributed by atoms with E-state index in [4.69, 9.17) is 14.4 Å². The third-order valence-electron chi connectivity index (χ3n) is 9.61. The molecule has 4 heterocycles. The summed E-state index contributed by atoms with van der Waals surface area (Å²) < 4.78 is 11.3. The minimum absolute atomic E-state index is 0.665. The lowest BCUT2D eigenvalue weighted by Gasteiger charge is -2.12. The maximum atomic E-state index is 6.45. The maximum absolute atomic E-state index is 6.45. The van der Waals surface area contributed by atoms with E-state index in [1.54, 1.807) is 0 Å². The number of benzene rings is 7. The van der Waals surface area contributed by atoms with Gasteiger partial charge < -0.3 is 4.42 Å². The smallest absolute Gasteiger partial charge is 0.235 e. The Morgan fingerprint density at radius 3 is 2.21 bits per heavy atom. The van der Waals surface area contributed by atoms with Crippen LogP contribution in [0.2, 0.25) is 0 Å². The van der Waals surface area contributed by atoms with E-state index in [2.05, 4.69) is 144 Å². The number of nitrogens with zero attached hydrogens (tertiary/aromatic N) is 3. The molecule has 0 fully saturated rings. The second kappa shape index (κ2) is 9.25. The molecule has 0 bridgehead atoms. The molecule has 0 unspecified atom stereocenters. The number of fused-ring (bicyclic) bond motifs is 13. The van der Waals surface area contributed by atoms with Crippen LogP contribution in [0.5, 0.6) is 0 Å². The Kier molecular flexibility index (Phi) is 4.96. The summed E-state index contributed by atoms with van der Waals surface area (Å²) in [5.41, 5.74) is 6.86. The molecular formula is C42H23N3OS. The van der Waals surface area contributed by atoms with Crippen molar-refractivity contribution in [2.24, 2.45) is 0 Å². The molecule has 47 heavy (non-hydrogen) atoms. The summed E-state index contributed by atoms with van der Waals surface area (Å²) in [6.07, 6.45) is 0. The van der Waals surface area contributed by atoms with E-state index in [-0.39, 0.29) is 0 Å². The van der Waals surface area contributed by atoms with E-state index >= 15 is 0 Å². The first-order valence-corrected chi connectivity index (χ1v) is 16.6. The minimum atomic E-state index is 0.665. The standard InChI is InChI=1S/C42H23N3OS/c1-2-10-26-24(9-1)17-19-30-33-23-25(18-22-36(33)46-40(26)30)38-32-13-3-6-14-34(32)43-42(44-38)45-35-15-7-4-11-27(35)29-20-21-31-28-12-5-8-16-37(28)47-41(31)39(29)45/h1-23H. The van der Waals surface area contributed by atoms with Crippen LogP contribution in [-0.4, -0.2) is 14.5 Å². The van der Waals surface area contributed by atoms with Crippen molar-refractivity contribution >= 4 is 96.9 Å².